The first kappa shape index (κ1) is 22.0. The molecular formula is C22H35Cl2NO. The zero-order chi connectivity index (χ0) is 19.0. The van der Waals surface area contributed by atoms with Gasteiger partial charge >= 0.3 is 0 Å². The molecule has 148 valence electrons. The number of benzene rings is 1. The molecule has 0 aliphatic heterocycles. The summed E-state index contributed by atoms with van der Waals surface area (Å²) in [6, 6.07) is 6.72. The molecule has 0 aromatic heterocycles. The molecule has 1 fully saturated rings. The third-order valence-corrected chi connectivity index (χ3v) is 6.65. The average Bonchev–Trinajstić information content (AvgIpc) is 2.57. The number of hydrogen-bond donors (Lipinski definition) is 0. The molecule has 1 aliphatic rings. The van der Waals surface area contributed by atoms with E-state index in [2.05, 4.69) is 38.1 Å². The summed E-state index contributed by atoms with van der Waals surface area (Å²) in [5, 5.41) is 1.31. The van der Waals surface area contributed by atoms with E-state index in [1.165, 1.54) is 50.5 Å². The number of rotatable bonds is 12. The van der Waals surface area contributed by atoms with E-state index in [0.717, 1.165) is 26.1 Å². The van der Waals surface area contributed by atoms with Crippen LogP contribution in [0.1, 0.15) is 70.3 Å². The van der Waals surface area contributed by atoms with Crippen molar-refractivity contribution < 1.29 is 4.74 Å². The predicted octanol–water partition coefficient (Wildman–Crippen LogP) is 6.72. The van der Waals surface area contributed by atoms with Crippen LogP contribution >= 0.6 is 23.2 Å². The van der Waals surface area contributed by atoms with E-state index in [1.807, 2.05) is 6.07 Å². The minimum Gasteiger partial charge on any atom is -0.381 e. The van der Waals surface area contributed by atoms with Crippen LogP contribution in [0, 0.1) is 0 Å². The van der Waals surface area contributed by atoms with Gasteiger partial charge in [-0.25, -0.2) is 0 Å². The van der Waals surface area contributed by atoms with Crippen molar-refractivity contribution in [2.45, 2.75) is 76.2 Å². The molecule has 0 bridgehead atoms. The molecule has 4 heteroatoms. The van der Waals surface area contributed by atoms with Crippen molar-refractivity contribution in [1.29, 1.82) is 0 Å². The lowest BCUT2D eigenvalue weighted by atomic mass is 9.59. The molecule has 2 rings (SSSR count). The van der Waals surface area contributed by atoms with Gasteiger partial charge in [-0.15, -0.1) is 0 Å². The standard InChI is InChI=1S/C22H35Cl2NO/c1-4-5-6-7-15-26-16-8-10-21(25(2)3)22(13-9-14-22)18-11-12-19(23)20(24)17-18/h11-12,17,21H,4-10,13-16H2,1-3H3. The SMILES string of the molecule is CCCCCCOCCCC(N(C)C)C1(c2ccc(Cl)c(Cl)c2)CCC1. The third-order valence-electron chi connectivity index (χ3n) is 5.91. The first-order valence-corrected chi connectivity index (χ1v) is 11.0. The van der Waals surface area contributed by atoms with Gasteiger partial charge in [-0.3, -0.25) is 0 Å². The van der Waals surface area contributed by atoms with E-state index in [-0.39, 0.29) is 5.41 Å². The summed E-state index contributed by atoms with van der Waals surface area (Å²) in [7, 11) is 4.40. The summed E-state index contributed by atoms with van der Waals surface area (Å²) in [6.45, 7) is 4.02. The quantitative estimate of drug-likeness (QED) is 0.361. The van der Waals surface area contributed by atoms with Gasteiger partial charge in [-0.2, -0.15) is 0 Å². The Morgan fingerprint density at radius 3 is 2.35 bits per heavy atom. The van der Waals surface area contributed by atoms with Crippen LogP contribution in [0.25, 0.3) is 0 Å². The molecule has 26 heavy (non-hydrogen) atoms. The fourth-order valence-corrected chi connectivity index (χ4v) is 4.62. The molecule has 1 unspecified atom stereocenters. The van der Waals surface area contributed by atoms with Gasteiger partial charge in [0.05, 0.1) is 10.0 Å². The van der Waals surface area contributed by atoms with Crippen LogP contribution < -0.4 is 0 Å². The lowest BCUT2D eigenvalue weighted by Crippen LogP contribution is -2.52. The molecule has 0 radical (unpaired) electrons. The molecule has 1 saturated carbocycles. The third kappa shape index (κ3) is 5.61. The fourth-order valence-electron chi connectivity index (χ4n) is 4.32. The second-order valence-corrected chi connectivity index (χ2v) is 8.75. The summed E-state index contributed by atoms with van der Waals surface area (Å²) < 4.78 is 5.86. The highest BCUT2D eigenvalue weighted by Crippen LogP contribution is 2.49. The minimum absolute atomic E-state index is 0.207. The van der Waals surface area contributed by atoms with E-state index in [0.29, 0.717) is 16.1 Å². The molecule has 0 spiro atoms. The van der Waals surface area contributed by atoms with Crippen molar-refractivity contribution in [3.8, 4) is 0 Å². The maximum atomic E-state index is 6.32. The van der Waals surface area contributed by atoms with Crippen molar-refractivity contribution in [3.63, 3.8) is 0 Å². The van der Waals surface area contributed by atoms with Crippen LogP contribution in [0.3, 0.4) is 0 Å². The van der Waals surface area contributed by atoms with E-state index >= 15 is 0 Å². The molecule has 2 nitrogen and oxygen atoms in total. The van der Waals surface area contributed by atoms with Crippen molar-refractivity contribution >= 4 is 23.2 Å². The molecule has 0 heterocycles. The maximum absolute atomic E-state index is 6.32. The normalized spacial score (nSPS) is 17.3. The van der Waals surface area contributed by atoms with Crippen LogP contribution in [0.5, 0.6) is 0 Å². The van der Waals surface area contributed by atoms with Gasteiger partial charge in [0.2, 0.25) is 0 Å². The first-order valence-electron chi connectivity index (χ1n) is 10.2. The fraction of sp³-hybridized carbons (Fsp3) is 0.727. The average molecular weight is 400 g/mol. The van der Waals surface area contributed by atoms with E-state index in [4.69, 9.17) is 27.9 Å². The lowest BCUT2D eigenvalue weighted by molar-refractivity contribution is 0.0722. The first-order chi connectivity index (χ1) is 12.5. The molecule has 1 aromatic carbocycles. The molecule has 0 N–H and O–H groups in total. The largest absolute Gasteiger partial charge is 0.381 e. The second-order valence-electron chi connectivity index (χ2n) is 7.93. The van der Waals surface area contributed by atoms with Gasteiger partial charge in [0.15, 0.2) is 0 Å². The minimum atomic E-state index is 0.207. The van der Waals surface area contributed by atoms with E-state index in [9.17, 15) is 0 Å². The van der Waals surface area contributed by atoms with Crippen LogP contribution in [0.15, 0.2) is 18.2 Å². The molecule has 1 aromatic rings. The Morgan fingerprint density at radius 2 is 1.77 bits per heavy atom. The Hall–Kier alpha value is -0.280. The Morgan fingerprint density at radius 1 is 1.04 bits per heavy atom. The Labute approximate surface area is 170 Å². The van der Waals surface area contributed by atoms with Crippen LogP contribution in [0.4, 0.5) is 0 Å². The van der Waals surface area contributed by atoms with Gasteiger partial charge < -0.3 is 9.64 Å². The van der Waals surface area contributed by atoms with Crippen molar-refractivity contribution in [1.82, 2.24) is 4.90 Å². The highest BCUT2D eigenvalue weighted by atomic mass is 35.5. The number of hydrogen-bond acceptors (Lipinski definition) is 2. The Bertz CT molecular complexity index is 543. The maximum Gasteiger partial charge on any atom is 0.0595 e. The number of unbranched alkanes of at least 4 members (excludes halogenated alkanes) is 3. The van der Waals surface area contributed by atoms with Gasteiger partial charge in [-0.1, -0.05) is 61.9 Å². The van der Waals surface area contributed by atoms with Crippen LogP contribution in [-0.2, 0) is 10.2 Å². The summed E-state index contributed by atoms with van der Waals surface area (Å²) >= 11 is 12.5. The molecular weight excluding hydrogens is 365 g/mol. The van der Waals surface area contributed by atoms with E-state index in [1.54, 1.807) is 0 Å². The van der Waals surface area contributed by atoms with Crippen molar-refractivity contribution in [2.75, 3.05) is 27.3 Å². The highest BCUT2D eigenvalue weighted by Gasteiger charge is 2.46. The van der Waals surface area contributed by atoms with Crippen molar-refractivity contribution in [3.05, 3.63) is 33.8 Å². The van der Waals surface area contributed by atoms with Crippen molar-refractivity contribution in [2.24, 2.45) is 0 Å². The highest BCUT2D eigenvalue weighted by molar-refractivity contribution is 6.42. The van der Waals surface area contributed by atoms with Gasteiger partial charge in [0, 0.05) is 24.7 Å². The van der Waals surface area contributed by atoms with Gasteiger partial charge in [0.25, 0.3) is 0 Å². The molecule has 1 atom stereocenters. The smallest absolute Gasteiger partial charge is 0.0595 e. The summed E-state index contributed by atoms with van der Waals surface area (Å²) in [5.74, 6) is 0. The lowest BCUT2D eigenvalue weighted by Gasteiger charge is -2.51. The summed E-state index contributed by atoms with van der Waals surface area (Å²) in [4.78, 5) is 2.39. The van der Waals surface area contributed by atoms with Crippen LogP contribution in [-0.4, -0.2) is 38.3 Å². The monoisotopic (exact) mass is 399 g/mol. The predicted molar refractivity (Wildman–Crippen MR) is 114 cm³/mol. The molecule has 0 amide bonds. The topological polar surface area (TPSA) is 12.5 Å². The molecule has 1 aliphatic carbocycles. The number of halogens is 2. The Balaban J connectivity index is 1.91. The molecule has 0 saturated heterocycles. The van der Waals surface area contributed by atoms with Gasteiger partial charge in [0.1, 0.15) is 0 Å². The zero-order valence-electron chi connectivity index (χ0n) is 16.7. The number of nitrogens with zero attached hydrogens (tertiary/aromatic N) is 1. The number of ether oxygens (including phenoxy) is 1. The number of likely N-dealkylation sites (N-methyl/N-ethyl adjacent to an activating group) is 1. The van der Waals surface area contributed by atoms with E-state index < -0.39 is 0 Å². The zero-order valence-corrected chi connectivity index (χ0v) is 18.2. The van der Waals surface area contributed by atoms with Gasteiger partial charge in [-0.05, 0) is 63.9 Å². The summed E-state index contributed by atoms with van der Waals surface area (Å²) in [5.41, 5.74) is 1.55. The second kappa shape index (κ2) is 10.9. The Kier molecular flexibility index (Phi) is 9.23. The van der Waals surface area contributed by atoms with Crippen LogP contribution in [0.2, 0.25) is 10.0 Å². The summed E-state index contributed by atoms with van der Waals surface area (Å²) in [6.07, 6.45) is 11.1.